The molecule has 1 nitrogen and oxygen atoms in total. The van der Waals surface area contributed by atoms with E-state index in [2.05, 4.69) is 57.2 Å². The van der Waals surface area contributed by atoms with Crippen LogP contribution in [0.15, 0.2) is 36.4 Å². The molecule has 3 aromatic rings. The second kappa shape index (κ2) is 4.58. The Balaban J connectivity index is 2.57. The average molecular weight is 269 g/mol. The van der Waals surface area contributed by atoms with Crippen molar-refractivity contribution in [3.63, 3.8) is 0 Å². The van der Waals surface area contributed by atoms with Crippen LogP contribution in [0.2, 0.25) is 0 Å². The van der Waals surface area contributed by atoms with Gasteiger partial charge in [0.2, 0.25) is 0 Å². The van der Waals surface area contributed by atoms with Crippen LogP contribution in [0.3, 0.4) is 0 Å². The van der Waals surface area contributed by atoms with Gasteiger partial charge in [-0.15, -0.1) is 7.53 Å². The topological polar surface area (TPSA) is 26.0 Å². The molecule has 19 heavy (non-hydrogen) atoms. The van der Waals surface area contributed by atoms with Crippen LogP contribution in [-0.2, 0) is 6.42 Å². The van der Waals surface area contributed by atoms with Gasteiger partial charge in [0.05, 0.1) is 0 Å². The minimum absolute atomic E-state index is 0.304. The summed E-state index contributed by atoms with van der Waals surface area (Å²) in [5, 5.41) is 5.68. The molecule has 0 saturated heterocycles. The average Bonchev–Trinajstić information content (AvgIpc) is 2.75. The summed E-state index contributed by atoms with van der Waals surface area (Å²) in [6, 6.07) is 13.3. The Hall–Kier alpha value is -1.46. The Kier molecular flexibility index (Phi) is 3.03. The van der Waals surface area contributed by atoms with Crippen molar-refractivity contribution in [3.05, 3.63) is 42.0 Å². The fourth-order valence-corrected chi connectivity index (χ4v) is 5.88. The van der Waals surface area contributed by atoms with Crippen molar-refractivity contribution in [3.8, 4) is 0 Å². The van der Waals surface area contributed by atoms with Crippen LogP contribution in [0.1, 0.15) is 32.0 Å². The molecule has 0 radical (unpaired) electrons. The van der Waals surface area contributed by atoms with E-state index >= 15 is 0 Å². The van der Waals surface area contributed by atoms with E-state index in [9.17, 15) is 0 Å². The smallest absolute Gasteiger partial charge is 0.0467 e. The quantitative estimate of drug-likeness (QED) is 0.593. The van der Waals surface area contributed by atoms with Crippen LogP contribution in [0.4, 0.5) is 5.69 Å². The highest BCUT2D eigenvalue weighted by Gasteiger charge is 2.17. The van der Waals surface area contributed by atoms with Crippen LogP contribution in [0.5, 0.6) is 0 Å². The third kappa shape index (κ3) is 1.76. The zero-order chi connectivity index (χ0) is 13.6. The number of hydrogen-bond donors (Lipinski definition) is 1. The molecule has 3 rings (SSSR count). The number of nitrogens with two attached hydrogens (primary N) is 1. The Morgan fingerprint density at radius 2 is 1.79 bits per heavy atom. The first kappa shape index (κ1) is 12.6. The van der Waals surface area contributed by atoms with Gasteiger partial charge in [-0.25, -0.2) is 0 Å². The van der Waals surface area contributed by atoms with Gasteiger partial charge in [0.25, 0.3) is 0 Å². The molecule has 1 aromatic heterocycles. The monoisotopic (exact) mass is 269 g/mol. The van der Waals surface area contributed by atoms with Crippen LogP contribution < -0.4 is 5.73 Å². The van der Waals surface area contributed by atoms with Gasteiger partial charge in [-0.2, -0.15) is 0 Å². The van der Waals surface area contributed by atoms with E-state index in [4.69, 9.17) is 5.73 Å². The Labute approximate surface area is 115 Å². The Bertz CT molecular complexity index is 753. The van der Waals surface area contributed by atoms with E-state index in [-0.39, 0.29) is 7.53 Å². The summed E-state index contributed by atoms with van der Waals surface area (Å²) in [6.45, 7) is 6.81. The zero-order valence-electron chi connectivity index (χ0n) is 11.8. The lowest BCUT2D eigenvalue weighted by molar-refractivity contribution is 1.04. The van der Waals surface area contributed by atoms with Crippen molar-refractivity contribution in [1.82, 2.24) is 0 Å². The number of anilines is 1. The van der Waals surface area contributed by atoms with Gasteiger partial charge in [0.1, 0.15) is 0 Å². The van der Waals surface area contributed by atoms with Gasteiger partial charge < -0.3 is 5.73 Å². The van der Waals surface area contributed by atoms with Gasteiger partial charge >= 0.3 is 0 Å². The van der Waals surface area contributed by atoms with Gasteiger partial charge in [-0.3, -0.25) is 0 Å². The van der Waals surface area contributed by atoms with Crippen LogP contribution in [0.25, 0.3) is 21.0 Å². The zero-order valence-corrected chi connectivity index (χ0v) is 12.7. The van der Waals surface area contributed by atoms with E-state index in [0.717, 1.165) is 12.1 Å². The highest BCUT2D eigenvalue weighted by molar-refractivity contribution is 7.62. The first-order valence-corrected chi connectivity index (χ1v) is 8.36. The van der Waals surface area contributed by atoms with Crippen molar-refractivity contribution >= 4 is 34.2 Å². The van der Waals surface area contributed by atoms with Gasteiger partial charge in [-0.1, -0.05) is 57.2 Å². The first-order chi connectivity index (χ1) is 9.15. The van der Waals surface area contributed by atoms with E-state index in [1.807, 2.05) is 0 Å². The normalized spacial score (nSPS) is 12.7. The van der Waals surface area contributed by atoms with Crippen LogP contribution in [0, 0.1) is 0 Å². The third-order valence-electron chi connectivity index (χ3n) is 3.90. The molecule has 0 aliphatic carbocycles. The van der Waals surface area contributed by atoms with Gasteiger partial charge in [-0.05, 0) is 28.4 Å². The largest absolute Gasteiger partial charge is 0.398 e. The summed E-state index contributed by atoms with van der Waals surface area (Å²) >= 11 is 0. The molecule has 1 heterocycles. The van der Waals surface area contributed by atoms with Crippen molar-refractivity contribution in [1.29, 1.82) is 0 Å². The molecule has 2 N–H and O–H groups in total. The SMILES string of the molecule is CCc1ccc2c3ccccc3p(C(C)C)c2c1N. The molecule has 0 spiro atoms. The molecule has 0 aliphatic rings. The number of aryl methyl sites for hydroxylation is 1. The maximum absolute atomic E-state index is 6.47. The number of benzene rings is 2. The van der Waals surface area contributed by atoms with E-state index in [1.54, 1.807) is 0 Å². The standard InChI is InChI=1S/C17H20NP/c1-4-12-9-10-14-13-7-5-6-8-15(13)19(11(2)3)17(14)16(12)18/h5-11H,4,18H2,1-3H3. The van der Waals surface area contributed by atoms with E-state index in [0.29, 0.717) is 5.66 Å². The molecule has 1 unspecified atom stereocenters. The molecule has 0 amide bonds. The van der Waals surface area contributed by atoms with Crippen molar-refractivity contribution < 1.29 is 0 Å². The molecule has 2 heteroatoms. The second-order valence-electron chi connectivity index (χ2n) is 5.37. The van der Waals surface area contributed by atoms with E-state index in [1.165, 1.54) is 26.6 Å². The van der Waals surface area contributed by atoms with Gasteiger partial charge in [0, 0.05) is 15.9 Å². The summed E-state index contributed by atoms with van der Waals surface area (Å²) in [5.74, 6) is 0. The highest BCUT2D eigenvalue weighted by Crippen LogP contribution is 2.57. The first-order valence-electron chi connectivity index (χ1n) is 6.95. The predicted molar refractivity (Wildman–Crippen MR) is 88.3 cm³/mol. The van der Waals surface area contributed by atoms with Crippen molar-refractivity contribution in [2.75, 3.05) is 5.73 Å². The minimum Gasteiger partial charge on any atom is -0.398 e. The molecular formula is C17H20NP. The number of fused-ring (bicyclic) bond motifs is 3. The summed E-state index contributed by atoms with van der Waals surface area (Å²) in [7, 11) is -0.304. The maximum Gasteiger partial charge on any atom is 0.0467 e. The summed E-state index contributed by atoms with van der Waals surface area (Å²) in [4.78, 5) is 0. The molecule has 0 bridgehead atoms. The van der Waals surface area contributed by atoms with Crippen molar-refractivity contribution in [2.24, 2.45) is 0 Å². The third-order valence-corrected chi connectivity index (χ3v) is 6.80. The minimum atomic E-state index is -0.304. The van der Waals surface area contributed by atoms with Crippen LogP contribution in [-0.4, -0.2) is 0 Å². The van der Waals surface area contributed by atoms with Crippen molar-refractivity contribution in [2.45, 2.75) is 32.9 Å². The Morgan fingerprint density at radius 3 is 2.47 bits per heavy atom. The fourth-order valence-electron chi connectivity index (χ4n) is 3.00. The summed E-state index contributed by atoms with van der Waals surface area (Å²) in [6.07, 6.45) is 1.01. The lowest BCUT2D eigenvalue weighted by Gasteiger charge is -2.11. The lowest BCUT2D eigenvalue weighted by atomic mass is 10.1. The molecule has 0 aliphatic heterocycles. The highest BCUT2D eigenvalue weighted by atomic mass is 31.1. The Morgan fingerprint density at radius 1 is 1.05 bits per heavy atom. The number of rotatable bonds is 2. The fraction of sp³-hybridized carbons (Fsp3) is 0.294. The summed E-state index contributed by atoms with van der Waals surface area (Å²) < 4.78 is 0. The predicted octanol–water partition coefficient (Wildman–Crippen LogP) is 5.71. The summed E-state index contributed by atoms with van der Waals surface area (Å²) in [5.41, 5.74) is 9.43. The molecule has 1 atom stereocenters. The molecule has 0 saturated carbocycles. The van der Waals surface area contributed by atoms with E-state index < -0.39 is 0 Å². The maximum atomic E-state index is 6.47. The molecule has 2 aromatic carbocycles. The van der Waals surface area contributed by atoms with Crippen LogP contribution >= 0.6 is 7.53 Å². The number of nitrogen functional groups attached to an aromatic ring is 1. The number of hydrogen-bond acceptors (Lipinski definition) is 1. The molecule has 0 fully saturated rings. The second-order valence-corrected chi connectivity index (χ2v) is 8.07. The molecule has 98 valence electrons. The van der Waals surface area contributed by atoms with Gasteiger partial charge in [0.15, 0.2) is 0 Å². The molecular weight excluding hydrogens is 249 g/mol. The lowest BCUT2D eigenvalue weighted by Crippen LogP contribution is -1.92.